The molecule has 36 heavy (non-hydrogen) atoms. The van der Waals surface area contributed by atoms with Crippen LogP contribution in [0.1, 0.15) is 30.0 Å². The Hall–Kier alpha value is -4.03. The zero-order valence-electron chi connectivity index (χ0n) is 19.3. The summed E-state index contributed by atoms with van der Waals surface area (Å²) in [5, 5.41) is 13.0. The highest BCUT2D eigenvalue weighted by atomic mass is 32.2. The van der Waals surface area contributed by atoms with E-state index in [1.165, 1.54) is 0 Å². The van der Waals surface area contributed by atoms with Crippen LogP contribution in [-0.2, 0) is 16.8 Å². The van der Waals surface area contributed by atoms with E-state index in [1.807, 2.05) is 42.5 Å². The van der Waals surface area contributed by atoms with E-state index in [1.54, 1.807) is 23.3 Å². The number of fused-ring (bicyclic) bond motifs is 1. The fourth-order valence-corrected chi connectivity index (χ4v) is 5.48. The summed E-state index contributed by atoms with van der Waals surface area (Å²) < 4.78 is 27.0. The van der Waals surface area contributed by atoms with Crippen LogP contribution in [0, 0.1) is 0 Å². The Labute approximate surface area is 207 Å². The summed E-state index contributed by atoms with van der Waals surface area (Å²) in [6.07, 6.45) is 4.65. The average molecular weight is 508 g/mol. The number of hydrogen-bond acceptors (Lipinski definition) is 7. The van der Waals surface area contributed by atoms with Crippen LogP contribution >= 0.6 is 0 Å². The average Bonchev–Trinajstić information content (AvgIpc) is 3.32. The van der Waals surface area contributed by atoms with E-state index < -0.39 is 16.3 Å². The predicted molar refractivity (Wildman–Crippen MR) is 135 cm³/mol. The van der Waals surface area contributed by atoms with E-state index in [4.69, 9.17) is 10.1 Å². The van der Waals surface area contributed by atoms with Gasteiger partial charge < -0.3 is 15.4 Å². The monoisotopic (exact) mass is 507 g/mol. The second-order valence-corrected chi connectivity index (χ2v) is 10.2. The number of hydrogen-bond donors (Lipinski definition) is 4. The summed E-state index contributed by atoms with van der Waals surface area (Å²) in [7, 11) is -4.04. The number of nitrogens with one attached hydrogen (secondary N) is 3. The zero-order chi connectivity index (χ0) is 25.1. The molecule has 0 unspecified atom stereocenters. The van der Waals surface area contributed by atoms with Crippen molar-refractivity contribution in [3.05, 3.63) is 72.3 Å². The van der Waals surface area contributed by atoms with E-state index in [-0.39, 0.29) is 19.0 Å². The third-order valence-electron chi connectivity index (χ3n) is 6.23. The van der Waals surface area contributed by atoms with Gasteiger partial charge in [-0.3, -0.25) is 4.98 Å². The predicted octanol–water partition coefficient (Wildman–Crippen LogP) is 3.32. The quantitative estimate of drug-likeness (QED) is 0.297. The summed E-state index contributed by atoms with van der Waals surface area (Å²) >= 11 is 0. The molecule has 0 radical (unpaired) electrons. The van der Waals surface area contributed by atoms with Crippen molar-refractivity contribution in [2.24, 2.45) is 0 Å². The fraction of sp³-hybridized carbons (Fsp3) is 0.250. The molecular formula is C24H25N7O4S. The third kappa shape index (κ3) is 5.14. The largest absolute Gasteiger partial charge is 0.464 e. The Kier molecular flexibility index (Phi) is 6.53. The number of pyridine rings is 1. The van der Waals surface area contributed by atoms with Crippen molar-refractivity contribution in [1.82, 2.24) is 29.0 Å². The maximum Gasteiger partial charge on any atom is 0.419 e. The minimum atomic E-state index is -4.04. The number of benzene rings is 1. The van der Waals surface area contributed by atoms with Crippen LogP contribution in [0.25, 0.3) is 22.3 Å². The second-order valence-electron chi connectivity index (χ2n) is 8.56. The molecule has 11 nitrogen and oxygen atoms in total. The number of H-pyrrole nitrogens is 1. The van der Waals surface area contributed by atoms with E-state index in [0.29, 0.717) is 30.9 Å². The molecule has 4 aromatic rings. The maximum atomic E-state index is 12.1. The Morgan fingerprint density at radius 2 is 1.92 bits per heavy atom. The first-order valence-electron chi connectivity index (χ1n) is 11.5. The molecule has 0 atom stereocenters. The molecule has 0 bridgehead atoms. The lowest BCUT2D eigenvalue weighted by Gasteiger charge is -2.30. The van der Waals surface area contributed by atoms with Crippen molar-refractivity contribution in [2.75, 3.05) is 18.4 Å². The van der Waals surface area contributed by atoms with E-state index in [9.17, 15) is 13.2 Å². The molecule has 1 aliphatic rings. The molecule has 1 saturated heterocycles. The molecule has 12 heteroatoms. The van der Waals surface area contributed by atoms with Gasteiger partial charge in [-0.05, 0) is 30.5 Å². The molecule has 0 aliphatic carbocycles. The summed E-state index contributed by atoms with van der Waals surface area (Å²) in [5.41, 5.74) is 4.42. The van der Waals surface area contributed by atoms with Crippen molar-refractivity contribution >= 4 is 33.2 Å². The highest BCUT2D eigenvalue weighted by Gasteiger charge is 2.30. The summed E-state index contributed by atoms with van der Waals surface area (Å²) in [5.74, 6) is 0.758. The SMILES string of the molecule is O=C(O)NS(=O)(=O)N1CCC(c2cc3c(-c4cncc(NCc5ccccc5)n4)ccnc3[nH]2)CC1. The molecule has 1 aliphatic heterocycles. The molecular weight excluding hydrogens is 482 g/mol. The number of nitrogens with zero attached hydrogens (tertiary/aromatic N) is 4. The van der Waals surface area contributed by atoms with Crippen LogP contribution in [0.3, 0.4) is 0 Å². The summed E-state index contributed by atoms with van der Waals surface area (Å²) in [6, 6.07) is 14.0. The van der Waals surface area contributed by atoms with Crippen molar-refractivity contribution < 1.29 is 18.3 Å². The molecule has 1 amide bonds. The topological polar surface area (TPSA) is 153 Å². The molecule has 0 spiro atoms. The standard InChI is InChI=1S/C24H25N7O4S/c32-24(33)30-36(34,35)31-10-7-17(8-11-31)20-12-19-18(6-9-26-23(19)29-20)21-14-25-15-22(28-21)27-13-16-4-2-1-3-5-16/h1-6,9,12,14-15,17,30H,7-8,10-11,13H2,(H,26,29)(H,27,28)(H,32,33). The van der Waals surface area contributed by atoms with E-state index in [0.717, 1.165) is 32.2 Å². The van der Waals surface area contributed by atoms with Gasteiger partial charge in [0.15, 0.2) is 0 Å². The first-order valence-corrected chi connectivity index (χ1v) is 12.9. The van der Waals surface area contributed by atoms with Gasteiger partial charge in [0.2, 0.25) is 0 Å². The molecule has 0 saturated carbocycles. The van der Waals surface area contributed by atoms with Crippen LogP contribution < -0.4 is 10.0 Å². The number of amides is 1. The lowest BCUT2D eigenvalue weighted by Crippen LogP contribution is -2.46. The van der Waals surface area contributed by atoms with Gasteiger partial charge >= 0.3 is 16.3 Å². The van der Waals surface area contributed by atoms with Crippen molar-refractivity contribution in [2.45, 2.75) is 25.3 Å². The molecule has 4 heterocycles. The Morgan fingerprint density at radius 3 is 2.67 bits per heavy atom. The van der Waals surface area contributed by atoms with Crippen LogP contribution in [-0.4, -0.2) is 56.9 Å². The first kappa shape index (κ1) is 23.7. The number of anilines is 1. The second kappa shape index (κ2) is 9.91. The number of rotatable bonds is 7. The minimum Gasteiger partial charge on any atom is -0.464 e. The van der Waals surface area contributed by atoms with Gasteiger partial charge in [0, 0.05) is 48.4 Å². The van der Waals surface area contributed by atoms with Gasteiger partial charge in [-0.15, -0.1) is 0 Å². The summed E-state index contributed by atoms with van der Waals surface area (Å²) in [6.45, 7) is 1.09. The van der Waals surface area contributed by atoms with Crippen LogP contribution in [0.2, 0.25) is 0 Å². The number of carbonyl (C=O) groups is 1. The van der Waals surface area contributed by atoms with Gasteiger partial charge in [-0.25, -0.2) is 19.5 Å². The molecule has 1 aromatic carbocycles. The number of carboxylic acid groups (broad SMARTS) is 1. The summed E-state index contributed by atoms with van der Waals surface area (Å²) in [4.78, 5) is 27.7. The van der Waals surface area contributed by atoms with Gasteiger partial charge in [0.05, 0.1) is 18.1 Å². The van der Waals surface area contributed by atoms with Gasteiger partial charge in [0.25, 0.3) is 0 Å². The van der Waals surface area contributed by atoms with Gasteiger partial charge in [-0.2, -0.15) is 12.7 Å². The van der Waals surface area contributed by atoms with E-state index >= 15 is 0 Å². The molecule has 1 fully saturated rings. The highest BCUT2D eigenvalue weighted by Crippen LogP contribution is 2.33. The lowest BCUT2D eigenvalue weighted by molar-refractivity contribution is 0.199. The third-order valence-corrected chi connectivity index (χ3v) is 7.71. The van der Waals surface area contributed by atoms with Gasteiger partial charge in [-0.1, -0.05) is 30.3 Å². The Morgan fingerprint density at radius 1 is 1.14 bits per heavy atom. The number of piperidine rings is 1. The van der Waals surface area contributed by atoms with E-state index in [2.05, 4.69) is 20.3 Å². The molecule has 5 rings (SSSR count). The lowest BCUT2D eigenvalue weighted by atomic mass is 9.94. The van der Waals surface area contributed by atoms with Crippen LogP contribution in [0.5, 0.6) is 0 Å². The first-order chi connectivity index (χ1) is 17.4. The van der Waals surface area contributed by atoms with Crippen LogP contribution in [0.4, 0.5) is 10.6 Å². The van der Waals surface area contributed by atoms with Crippen LogP contribution in [0.15, 0.2) is 61.1 Å². The molecule has 4 N–H and O–H groups in total. The molecule has 186 valence electrons. The zero-order valence-corrected chi connectivity index (χ0v) is 20.1. The number of aromatic amines is 1. The normalized spacial score (nSPS) is 15.1. The Bertz CT molecular complexity index is 1480. The van der Waals surface area contributed by atoms with Crippen molar-refractivity contribution in [3.8, 4) is 11.3 Å². The molecule has 3 aromatic heterocycles. The smallest absolute Gasteiger partial charge is 0.419 e. The van der Waals surface area contributed by atoms with Gasteiger partial charge in [0.1, 0.15) is 11.5 Å². The Balaban J connectivity index is 1.33. The van der Waals surface area contributed by atoms with Crippen molar-refractivity contribution in [3.63, 3.8) is 0 Å². The van der Waals surface area contributed by atoms with Crippen molar-refractivity contribution in [1.29, 1.82) is 0 Å². The maximum absolute atomic E-state index is 12.1. The fourth-order valence-electron chi connectivity index (χ4n) is 4.44. The minimum absolute atomic E-state index is 0.0910. The highest BCUT2D eigenvalue weighted by molar-refractivity contribution is 7.87. The number of aromatic nitrogens is 4.